The van der Waals surface area contributed by atoms with Crippen LogP contribution in [-0.2, 0) is 0 Å². The smallest absolute Gasteiger partial charge is 0.282 e. The zero-order valence-corrected chi connectivity index (χ0v) is 27.9. The lowest BCUT2D eigenvalue weighted by Gasteiger charge is -2.06. The van der Waals surface area contributed by atoms with E-state index in [1.807, 2.05) is 36.4 Å². The van der Waals surface area contributed by atoms with Gasteiger partial charge in [-0.15, -0.1) is 0 Å². The standard InChI is InChI=1S/C40H26N8O6/c49-39(29-5-1-3-7-35(29)47(51)52)41-27-15-9-23(10-16-27)37-43-31-19-13-25(21-33(31)45-37)26-14-20-32-34(22-26)46-38(44-32)24-11-17-28(18-12-24)42-40(50)30-6-2-4-8-36(30)48(53)54/h1-22H,(H,41,49)(H,42,50)(H,43,45)(H,44,46). The maximum atomic E-state index is 12.7. The summed E-state index contributed by atoms with van der Waals surface area (Å²) in [5, 5.41) is 28.1. The molecule has 8 rings (SSSR count). The van der Waals surface area contributed by atoms with Crippen LogP contribution in [0.4, 0.5) is 22.7 Å². The van der Waals surface area contributed by atoms with Gasteiger partial charge in [-0.2, -0.15) is 0 Å². The molecule has 2 heterocycles. The van der Waals surface area contributed by atoms with Gasteiger partial charge in [-0.1, -0.05) is 36.4 Å². The average Bonchev–Trinajstić information content (AvgIpc) is 3.82. The van der Waals surface area contributed by atoms with Gasteiger partial charge in [0.1, 0.15) is 22.8 Å². The third-order valence-corrected chi connectivity index (χ3v) is 8.82. The Labute approximate surface area is 304 Å². The van der Waals surface area contributed by atoms with E-state index in [-0.39, 0.29) is 22.5 Å². The molecule has 0 unspecified atom stereocenters. The van der Waals surface area contributed by atoms with Crippen molar-refractivity contribution in [3.05, 3.63) is 165 Å². The van der Waals surface area contributed by atoms with Crippen LogP contribution in [0.25, 0.3) is 56.0 Å². The Morgan fingerprint density at radius 1 is 0.500 bits per heavy atom. The van der Waals surface area contributed by atoms with E-state index in [9.17, 15) is 29.8 Å². The fourth-order valence-corrected chi connectivity index (χ4v) is 6.12. The number of carbonyl (C=O) groups excluding carboxylic acids is 2. The molecular weight excluding hydrogens is 688 g/mol. The number of anilines is 2. The van der Waals surface area contributed by atoms with Crippen molar-refractivity contribution in [3.63, 3.8) is 0 Å². The molecule has 8 aromatic rings. The van der Waals surface area contributed by atoms with Crippen LogP contribution in [-0.4, -0.2) is 41.6 Å². The van der Waals surface area contributed by atoms with Crippen LogP contribution in [0, 0.1) is 20.2 Å². The minimum Gasteiger partial charge on any atom is -0.338 e. The Morgan fingerprint density at radius 2 is 0.944 bits per heavy atom. The highest BCUT2D eigenvalue weighted by molar-refractivity contribution is 6.08. The number of nitrogens with zero attached hydrogens (tertiary/aromatic N) is 4. The van der Waals surface area contributed by atoms with E-state index in [0.717, 1.165) is 44.3 Å². The Balaban J connectivity index is 0.968. The number of nitro benzene ring substituents is 2. The lowest BCUT2D eigenvalue weighted by molar-refractivity contribution is -0.385. The fraction of sp³-hybridized carbons (Fsp3) is 0. The topological polar surface area (TPSA) is 202 Å². The summed E-state index contributed by atoms with van der Waals surface area (Å²) in [5.41, 5.74) is 7.07. The maximum absolute atomic E-state index is 12.7. The Kier molecular flexibility index (Phi) is 8.36. The van der Waals surface area contributed by atoms with Gasteiger partial charge < -0.3 is 20.6 Å². The first-order valence-electron chi connectivity index (χ1n) is 16.5. The van der Waals surface area contributed by atoms with Crippen LogP contribution >= 0.6 is 0 Å². The van der Waals surface area contributed by atoms with Crippen molar-refractivity contribution >= 4 is 56.6 Å². The van der Waals surface area contributed by atoms with E-state index in [4.69, 9.17) is 9.97 Å². The van der Waals surface area contributed by atoms with Gasteiger partial charge in [-0.25, -0.2) is 9.97 Å². The quantitative estimate of drug-likeness (QED) is 0.0839. The summed E-state index contributed by atoms with van der Waals surface area (Å²) < 4.78 is 0. The van der Waals surface area contributed by atoms with Gasteiger partial charge >= 0.3 is 0 Å². The second-order valence-electron chi connectivity index (χ2n) is 12.2. The normalized spacial score (nSPS) is 11.0. The highest BCUT2D eigenvalue weighted by Gasteiger charge is 2.21. The van der Waals surface area contributed by atoms with Crippen molar-refractivity contribution in [1.29, 1.82) is 0 Å². The molecule has 0 saturated carbocycles. The van der Waals surface area contributed by atoms with Crippen molar-refractivity contribution in [3.8, 4) is 33.9 Å². The zero-order chi connectivity index (χ0) is 37.3. The predicted octanol–water partition coefficient (Wildman–Crippen LogP) is 8.76. The summed E-state index contributed by atoms with van der Waals surface area (Å²) in [7, 11) is 0. The molecule has 0 fully saturated rings. The molecule has 6 aromatic carbocycles. The molecule has 0 aliphatic carbocycles. The lowest BCUT2D eigenvalue weighted by atomic mass is 10.0. The minimum absolute atomic E-state index is 0.0246. The molecule has 54 heavy (non-hydrogen) atoms. The molecule has 14 nitrogen and oxygen atoms in total. The predicted molar refractivity (Wildman–Crippen MR) is 204 cm³/mol. The van der Waals surface area contributed by atoms with Crippen LogP contribution in [0.1, 0.15) is 20.7 Å². The van der Waals surface area contributed by atoms with E-state index in [1.165, 1.54) is 36.4 Å². The SMILES string of the molecule is O=C(Nc1ccc(-c2nc3cc(-c4ccc5nc(-c6ccc(NC(=O)c7ccccc7[N+](=O)[O-])cc6)[nH]c5c4)ccc3[nH]2)cc1)c1ccccc1[N+](=O)[O-]. The minimum atomic E-state index is -0.585. The number of aromatic nitrogens is 4. The molecule has 0 aliphatic rings. The molecule has 0 radical (unpaired) electrons. The number of hydrogen-bond acceptors (Lipinski definition) is 8. The summed E-state index contributed by atoms with van der Waals surface area (Å²) in [6, 6.07) is 37.5. The summed E-state index contributed by atoms with van der Waals surface area (Å²) in [6.07, 6.45) is 0. The molecule has 0 spiro atoms. The van der Waals surface area contributed by atoms with Crippen LogP contribution in [0.3, 0.4) is 0 Å². The van der Waals surface area contributed by atoms with Crippen molar-refractivity contribution in [2.24, 2.45) is 0 Å². The number of nitro groups is 2. The highest BCUT2D eigenvalue weighted by Crippen LogP contribution is 2.30. The van der Waals surface area contributed by atoms with Crippen molar-refractivity contribution in [2.75, 3.05) is 10.6 Å². The van der Waals surface area contributed by atoms with Gasteiger partial charge in [0.15, 0.2) is 0 Å². The van der Waals surface area contributed by atoms with Crippen LogP contribution in [0.2, 0.25) is 0 Å². The Bertz CT molecular complexity index is 2580. The maximum Gasteiger partial charge on any atom is 0.282 e. The van der Waals surface area contributed by atoms with Gasteiger partial charge in [-0.3, -0.25) is 29.8 Å². The molecule has 4 N–H and O–H groups in total. The number of carbonyl (C=O) groups is 2. The number of H-pyrrole nitrogens is 2. The Morgan fingerprint density at radius 3 is 1.48 bits per heavy atom. The van der Waals surface area contributed by atoms with Crippen LogP contribution in [0.5, 0.6) is 0 Å². The number of nitrogens with one attached hydrogen (secondary N) is 4. The molecule has 2 aromatic heterocycles. The first kappa shape index (κ1) is 33.2. The Hall–Kier alpha value is -8.00. The third kappa shape index (κ3) is 6.49. The van der Waals surface area contributed by atoms with Gasteiger partial charge in [0.25, 0.3) is 23.2 Å². The first-order chi connectivity index (χ1) is 26.2. The number of rotatable bonds is 9. The largest absolute Gasteiger partial charge is 0.338 e. The number of fused-ring (bicyclic) bond motifs is 2. The fourth-order valence-electron chi connectivity index (χ4n) is 6.12. The van der Waals surface area contributed by atoms with Crippen molar-refractivity contribution in [1.82, 2.24) is 19.9 Å². The summed E-state index contributed by atoms with van der Waals surface area (Å²) in [5.74, 6) is 0.125. The second kappa shape index (κ2) is 13.6. The number of benzene rings is 6. The van der Waals surface area contributed by atoms with E-state index in [1.54, 1.807) is 60.7 Å². The number of hydrogen-bond donors (Lipinski definition) is 4. The number of para-hydroxylation sites is 2. The summed E-state index contributed by atoms with van der Waals surface area (Å²) in [4.78, 5) is 63.2. The molecule has 0 atom stereocenters. The zero-order valence-electron chi connectivity index (χ0n) is 27.9. The van der Waals surface area contributed by atoms with Gasteiger partial charge in [-0.05, 0) is 96.1 Å². The van der Waals surface area contributed by atoms with E-state index in [2.05, 4.69) is 20.6 Å². The number of imidazole rings is 2. The van der Waals surface area contributed by atoms with Gasteiger partial charge in [0.2, 0.25) is 0 Å². The molecule has 0 bridgehead atoms. The molecule has 262 valence electrons. The monoisotopic (exact) mass is 714 g/mol. The van der Waals surface area contributed by atoms with E-state index >= 15 is 0 Å². The summed E-state index contributed by atoms with van der Waals surface area (Å²) >= 11 is 0. The van der Waals surface area contributed by atoms with Crippen molar-refractivity contribution < 1.29 is 19.4 Å². The van der Waals surface area contributed by atoms with Crippen LogP contribution in [0.15, 0.2) is 133 Å². The van der Waals surface area contributed by atoms with E-state index < -0.39 is 21.7 Å². The molecule has 14 heteroatoms. The average molecular weight is 715 g/mol. The second-order valence-corrected chi connectivity index (χ2v) is 12.2. The summed E-state index contributed by atoms with van der Waals surface area (Å²) in [6.45, 7) is 0. The first-order valence-corrected chi connectivity index (χ1v) is 16.5. The third-order valence-electron chi connectivity index (χ3n) is 8.82. The van der Waals surface area contributed by atoms with Crippen LogP contribution < -0.4 is 10.6 Å². The number of amides is 2. The molecular formula is C40H26N8O6. The van der Waals surface area contributed by atoms with E-state index in [0.29, 0.717) is 23.0 Å². The molecule has 0 saturated heterocycles. The number of aromatic amines is 2. The molecule has 0 aliphatic heterocycles. The molecule has 2 amide bonds. The lowest BCUT2D eigenvalue weighted by Crippen LogP contribution is -2.13. The van der Waals surface area contributed by atoms with Gasteiger partial charge in [0.05, 0.1) is 31.9 Å². The van der Waals surface area contributed by atoms with Gasteiger partial charge in [0, 0.05) is 34.6 Å². The highest BCUT2D eigenvalue weighted by atomic mass is 16.6. The van der Waals surface area contributed by atoms with Crippen molar-refractivity contribution in [2.45, 2.75) is 0 Å².